The van der Waals surface area contributed by atoms with Crippen molar-refractivity contribution in [3.8, 4) is 22.5 Å². The van der Waals surface area contributed by atoms with Gasteiger partial charge in [-0.3, -0.25) is 0 Å². The van der Waals surface area contributed by atoms with Crippen LogP contribution in [-0.4, -0.2) is 9.97 Å². The summed E-state index contributed by atoms with van der Waals surface area (Å²) in [5, 5.41) is 4.36. The first-order valence-electron chi connectivity index (χ1n) is 6.81. The first-order valence-corrected chi connectivity index (χ1v) is 8.07. The predicted molar refractivity (Wildman–Crippen MR) is 94.3 cm³/mol. The van der Waals surface area contributed by atoms with E-state index >= 15 is 0 Å². The Labute approximate surface area is 136 Å². The first kappa shape index (κ1) is 13.4. The van der Waals surface area contributed by atoms with E-state index in [1.165, 1.54) is 11.3 Å². The number of aromatic amines is 1. The molecule has 0 saturated heterocycles. The van der Waals surface area contributed by atoms with E-state index < -0.39 is 0 Å². The molecular formula is C17H12ClN3S. The number of para-hydroxylation sites is 1. The minimum atomic E-state index is 0.561. The number of halogens is 1. The van der Waals surface area contributed by atoms with Crippen LogP contribution in [0.4, 0.5) is 5.13 Å². The Kier molecular flexibility index (Phi) is 3.13. The summed E-state index contributed by atoms with van der Waals surface area (Å²) in [6.07, 6.45) is 0. The number of H-pyrrole nitrogens is 1. The first-order chi connectivity index (χ1) is 10.7. The lowest BCUT2D eigenvalue weighted by Gasteiger charge is -2.05. The van der Waals surface area contributed by atoms with Gasteiger partial charge in [0.15, 0.2) is 5.13 Å². The summed E-state index contributed by atoms with van der Waals surface area (Å²) in [6, 6.07) is 16.0. The van der Waals surface area contributed by atoms with E-state index in [1.807, 2.05) is 41.8 Å². The number of nitrogens with two attached hydrogens (primary N) is 1. The van der Waals surface area contributed by atoms with Crippen LogP contribution in [0.2, 0.25) is 5.02 Å². The third-order valence-electron chi connectivity index (χ3n) is 3.63. The molecule has 0 aliphatic heterocycles. The quantitative estimate of drug-likeness (QED) is 0.532. The Morgan fingerprint density at radius 3 is 2.59 bits per heavy atom. The monoisotopic (exact) mass is 325 g/mol. The average molecular weight is 326 g/mol. The molecule has 0 atom stereocenters. The number of hydrogen-bond donors (Lipinski definition) is 2. The molecule has 0 radical (unpaired) electrons. The van der Waals surface area contributed by atoms with Gasteiger partial charge in [-0.2, -0.15) is 0 Å². The van der Waals surface area contributed by atoms with E-state index in [-0.39, 0.29) is 0 Å². The van der Waals surface area contributed by atoms with Crippen molar-refractivity contribution >= 4 is 39.0 Å². The number of hydrogen-bond acceptors (Lipinski definition) is 3. The summed E-state index contributed by atoms with van der Waals surface area (Å²) in [5.74, 6) is 0. The number of aromatic nitrogens is 2. The Bertz CT molecular complexity index is 971. The van der Waals surface area contributed by atoms with E-state index in [9.17, 15) is 0 Å². The molecule has 0 saturated carbocycles. The Balaban J connectivity index is 2.08. The zero-order chi connectivity index (χ0) is 15.1. The lowest BCUT2D eigenvalue weighted by Crippen LogP contribution is -1.86. The molecule has 108 valence electrons. The maximum Gasteiger partial charge on any atom is 0.180 e. The second-order valence-corrected chi connectivity index (χ2v) is 6.27. The Hall–Kier alpha value is -2.30. The van der Waals surface area contributed by atoms with Crippen molar-refractivity contribution in [1.29, 1.82) is 0 Å². The number of rotatable bonds is 2. The van der Waals surface area contributed by atoms with Crippen molar-refractivity contribution in [2.24, 2.45) is 0 Å². The summed E-state index contributed by atoms with van der Waals surface area (Å²) in [4.78, 5) is 7.92. The zero-order valence-corrected chi connectivity index (χ0v) is 13.1. The number of fused-ring (bicyclic) bond motifs is 1. The predicted octanol–water partition coefficient (Wildman–Crippen LogP) is 5.19. The number of nitrogens with zero attached hydrogens (tertiary/aromatic N) is 1. The van der Waals surface area contributed by atoms with Crippen LogP contribution >= 0.6 is 22.9 Å². The molecule has 2 heterocycles. The molecule has 0 aliphatic rings. The van der Waals surface area contributed by atoms with E-state index in [0.717, 1.165) is 33.4 Å². The van der Waals surface area contributed by atoms with Gasteiger partial charge in [0.2, 0.25) is 0 Å². The van der Waals surface area contributed by atoms with Crippen LogP contribution in [-0.2, 0) is 0 Å². The van der Waals surface area contributed by atoms with Gasteiger partial charge in [0.05, 0.1) is 11.4 Å². The highest BCUT2D eigenvalue weighted by Gasteiger charge is 2.18. The van der Waals surface area contributed by atoms with Crippen LogP contribution in [0.1, 0.15) is 0 Å². The van der Waals surface area contributed by atoms with Crippen molar-refractivity contribution in [2.75, 3.05) is 5.73 Å². The molecule has 0 bridgehead atoms. The molecule has 4 aromatic rings. The molecule has 4 rings (SSSR count). The number of nitrogen functional groups attached to an aromatic ring is 1. The van der Waals surface area contributed by atoms with Crippen LogP contribution < -0.4 is 5.73 Å². The van der Waals surface area contributed by atoms with E-state index in [0.29, 0.717) is 10.2 Å². The smallest absolute Gasteiger partial charge is 0.180 e. The Morgan fingerprint density at radius 2 is 1.82 bits per heavy atom. The maximum atomic E-state index is 6.39. The summed E-state index contributed by atoms with van der Waals surface area (Å²) < 4.78 is 0. The minimum Gasteiger partial charge on any atom is -0.375 e. The molecule has 5 heteroatoms. The zero-order valence-electron chi connectivity index (χ0n) is 11.5. The summed E-state index contributed by atoms with van der Waals surface area (Å²) in [5.41, 5.74) is 10.7. The molecule has 0 aliphatic carbocycles. The lowest BCUT2D eigenvalue weighted by molar-refractivity contribution is 1.40. The van der Waals surface area contributed by atoms with Crippen LogP contribution in [0.5, 0.6) is 0 Å². The lowest BCUT2D eigenvalue weighted by atomic mass is 10.0. The molecule has 3 nitrogen and oxygen atoms in total. The van der Waals surface area contributed by atoms with Gasteiger partial charge in [0, 0.05) is 32.4 Å². The van der Waals surface area contributed by atoms with Gasteiger partial charge in [0.1, 0.15) is 0 Å². The second-order valence-electron chi connectivity index (χ2n) is 4.97. The fraction of sp³-hybridized carbons (Fsp3) is 0. The van der Waals surface area contributed by atoms with Gasteiger partial charge < -0.3 is 10.7 Å². The van der Waals surface area contributed by atoms with Crippen LogP contribution in [0, 0.1) is 0 Å². The van der Waals surface area contributed by atoms with Gasteiger partial charge in [-0.25, -0.2) is 4.98 Å². The molecule has 2 aromatic carbocycles. The molecular weight excluding hydrogens is 314 g/mol. The number of anilines is 1. The number of thiazole rings is 1. The second kappa shape index (κ2) is 5.16. The average Bonchev–Trinajstić information content (AvgIpc) is 3.10. The highest BCUT2D eigenvalue weighted by molar-refractivity contribution is 7.13. The highest BCUT2D eigenvalue weighted by atomic mass is 35.5. The molecule has 0 spiro atoms. The molecule has 0 fully saturated rings. The third kappa shape index (κ3) is 2.08. The molecule has 22 heavy (non-hydrogen) atoms. The fourth-order valence-electron chi connectivity index (χ4n) is 2.68. The van der Waals surface area contributed by atoms with Crippen LogP contribution in [0.3, 0.4) is 0 Å². The molecule has 0 unspecified atom stereocenters. The van der Waals surface area contributed by atoms with Gasteiger partial charge >= 0.3 is 0 Å². The molecule has 2 aromatic heterocycles. The largest absolute Gasteiger partial charge is 0.375 e. The third-order valence-corrected chi connectivity index (χ3v) is 4.63. The SMILES string of the molecule is Nc1nc(-c2c(-c3ccccc3Cl)[nH]c3ccccc23)cs1. The summed E-state index contributed by atoms with van der Waals surface area (Å²) in [6.45, 7) is 0. The Morgan fingerprint density at radius 1 is 1.05 bits per heavy atom. The van der Waals surface area contributed by atoms with E-state index in [4.69, 9.17) is 17.3 Å². The summed E-state index contributed by atoms with van der Waals surface area (Å²) >= 11 is 7.83. The van der Waals surface area contributed by atoms with Crippen LogP contribution in [0.15, 0.2) is 53.9 Å². The van der Waals surface area contributed by atoms with Crippen molar-refractivity contribution in [3.05, 3.63) is 58.9 Å². The van der Waals surface area contributed by atoms with E-state index in [2.05, 4.69) is 22.1 Å². The van der Waals surface area contributed by atoms with Crippen molar-refractivity contribution in [3.63, 3.8) is 0 Å². The normalized spacial score (nSPS) is 11.1. The fourth-order valence-corrected chi connectivity index (χ4v) is 3.46. The van der Waals surface area contributed by atoms with Crippen LogP contribution in [0.25, 0.3) is 33.4 Å². The molecule has 3 N–H and O–H groups in total. The number of benzene rings is 2. The number of nitrogens with one attached hydrogen (secondary N) is 1. The van der Waals surface area contributed by atoms with Crippen molar-refractivity contribution in [1.82, 2.24) is 9.97 Å². The minimum absolute atomic E-state index is 0.561. The van der Waals surface area contributed by atoms with Gasteiger partial charge in [-0.1, -0.05) is 48.0 Å². The standard InChI is InChI=1S/C17H12ClN3S/c18-12-7-3-1-5-10(12)16-15(14-9-22-17(19)21-14)11-6-2-4-8-13(11)20-16/h1-9,20H,(H2,19,21). The molecule has 0 amide bonds. The van der Waals surface area contributed by atoms with E-state index in [1.54, 1.807) is 0 Å². The van der Waals surface area contributed by atoms with Crippen molar-refractivity contribution < 1.29 is 0 Å². The van der Waals surface area contributed by atoms with Gasteiger partial charge in [0.25, 0.3) is 0 Å². The summed E-state index contributed by atoms with van der Waals surface area (Å²) in [7, 11) is 0. The van der Waals surface area contributed by atoms with Gasteiger partial charge in [-0.05, 0) is 12.1 Å². The topological polar surface area (TPSA) is 54.7 Å². The van der Waals surface area contributed by atoms with Gasteiger partial charge in [-0.15, -0.1) is 11.3 Å². The maximum absolute atomic E-state index is 6.39. The highest BCUT2D eigenvalue weighted by Crippen LogP contribution is 2.40. The van der Waals surface area contributed by atoms with Crippen molar-refractivity contribution in [2.45, 2.75) is 0 Å².